The molecule has 1 aliphatic rings. The van der Waals surface area contributed by atoms with Crippen molar-refractivity contribution in [2.75, 3.05) is 23.3 Å². The molecular formula is C21H19F4N5O. The van der Waals surface area contributed by atoms with Gasteiger partial charge < -0.3 is 10.2 Å². The molecule has 162 valence electrons. The van der Waals surface area contributed by atoms with E-state index in [1.54, 1.807) is 12.1 Å². The Kier molecular flexibility index (Phi) is 5.62. The minimum atomic E-state index is -4.90. The maximum atomic E-state index is 13.7. The molecule has 1 saturated heterocycles. The van der Waals surface area contributed by atoms with Gasteiger partial charge in [-0.1, -0.05) is 5.21 Å². The molecule has 31 heavy (non-hydrogen) atoms. The van der Waals surface area contributed by atoms with Crippen molar-refractivity contribution < 1.29 is 22.4 Å². The van der Waals surface area contributed by atoms with Gasteiger partial charge >= 0.3 is 6.18 Å². The lowest BCUT2D eigenvalue weighted by Gasteiger charge is -2.28. The fraction of sp³-hybridized carbons (Fsp3) is 0.286. The molecule has 1 fully saturated rings. The Morgan fingerprint density at radius 2 is 1.52 bits per heavy atom. The van der Waals surface area contributed by atoms with E-state index < -0.39 is 29.3 Å². The van der Waals surface area contributed by atoms with Gasteiger partial charge in [0.05, 0.1) is 5.69 Å². The van der Waals surface area contributed by atoms with E-state index in [0.29, 0.717) is 10.4 Å². The summed E-state index contributed by atoms with van der Waals surface area (Å²) in [5.74, 6) is -1.64. The maximum absolute atomic E-state index is 13.7. The van der Waals surface area contributed by atoms with Crippen LogP contribution in [0.25, 0.3) is 5.69 Å². The molecule has 0 spiro atoms. The molecule has 4 rings (SSSR count). The number of carbonyl (C=O) groups excluding carboxylic acids is 1. The number of carbonyl (C=O) groups is 1. The molecule has 0 radical (unpaired) electrons. The standard InChI is InChI=1S/C21H19F4N5O/c22-14-4-8-17(9-5-14)30-19(21(23,24)25)18(27-28-30)20(31)26-15-6-10-16(11-7-15)29-12-2-1-3-13-29/h4-11H,1-3,12-13H2,(H,26,31). The molecule has 1 amide bonds. The number of nitrogens with zero attached hydrogens (tertiary/aromatic N) is 4. The van der Waals surface area contributed by atoms with Crippen LogP contribution in [0.15, 0.2) is 48.5 Å². The molecule has 0 unspecified atom stereocenters. The third-order valence-electron chi connectivity index (χ3n) is 5.07. The summed E-state index contributed by atoms with van der Waals surface area (Å²) in [6.45, 7) is 1.90. The first-order valence-electron chi connectivity index (χ1n) is 9.78. The SMILES string of the molecule is O=C(Nc1ccc(N2CCCCC2)cc1)c1nnn(-c2ccc(F)cc2)c1C(F)(F)F. The number of piperidine rings is 1. The summed E-state index contributed by atoms with van der Waals surface area (Å²) in [6, 6.07) is 11.2. The number of amides is 1. The van der Waals surface area contributed by atoms with E-state index >= 15 is 0 Å². The van der Waals surface area contributed by atoms with E-state index in [0.717, 1.165) is 55.9 Å². The van der Waals surface area contributed by atoms with Crippen LogP contribution in [0, 0.1) is 5.82 Å². The molecule has 1 N–H and O–H groups in total. The van der Waals surface area contributed by atoms with Gasteiger partial charge in [0.2, 0.25) is 0 Å². The van der Waals surface area contributed by atoms with Crippen LogP contribution in [0.2, 0.25) is 0 Å². The van der Waals surface area contributed by atoms with Crippen molar-refractivity contribution >= 4 is 17.3 Å². The van der Waals surface area contributed by atoms with Gasteiger partial charge in [-0.25, -0.2) is 9.07 Å². The lowest BCUT2D eigenvalue weighted by atomic mass is 10.1. The van der Waals surface area contributed by atoms with E-state index in [1.165, 1.54) is 6.42 Å². The number of alkyl halides is 3. The van der Waals surface area contributed by atoms with Crippen LogP contribution in [0.5, 0.6) is 0 Å². The Morgan fingerprint density at radius 3 is 2.13 bits per heavy atom. The molecule has 1 aliphatic heterocycles. The minimum Gasteiger partial charge on any atom is -0.372 e. The van der Waals surface area contributed by atoms with E-state index in [2.05, 4.69) is 20.5 Å². The fourth-order valence-electron chi connectivity index (χ4n) is 3.55. The first-order chi connectivity index (χ1) is 14.8. The van der Waals surface area contributed by atoms with Crippen molar-refractivity contribution in [3.63, 3.8) is 0 Å². The zero-order valence-electron chi connectivity index (χ0n) is 16.4. The van der Waals surface area contributed by atoms with Gasteiger partial charge in [0.1, 0.15) is 5.82 Å². The Labute approximate surface area is 175 Å². The molecule has 0 aliphatic carbocycles. The number of anilines is 2. The first-order valence-corrected chi connectivity index (χ1v) is 9.78. The normalized spacial score (nSPS) is 14.5. The van der Waals surface area contributed by atoms with Crippen molar-refractivity contribution in [1.29, 1.82) is 0 Å². The highest BCUT2D eigenvalue weighted by atomic mass is 19.4. The average molecular weight is 433 g/mol. The smallest absolute Gasteiger partial charge is 0.372 e. The van der Waals surface area contributed by atoms with Crippen LogP contribution in [0.4, 0.5) is 28.9 Å². The Morgan fingerprint density at radius 1 is 0.903 bits per heavy atom. The molecular weight excluding hydrogens is 414 g/mol. The summed E-state index contributed by atoms with van der Waals surface area (Å²) in [7, 11) is 0. The molecule has 3 aromatic rings. The van der Waals surface area contributed by atoms with Gasteiger partial charge in [-0.3, -0.25) is 4.79 Å². The monoisotopic (exact) mass is 433 g/mol. The van der Waals surface area contributed by atoms with Gasteiger partial charge in [-0.15, -0.1) is 5.10 Å². The predicted molar refractivity (Wildman–Crippen MR) is 107 cm³/mol. The number of hydrogen-bond acceptors (Lipinski definition) is 4. The highest BCUT2D eigenvalue weighted by Crippen LogP contribution is 2.33. The van der Waals surface area contributed by atoms with Crippen molar-refractivity contribution in [3.05, 3.63) is 65.7 Å². The second-order valence-corrected chi connectivity index (χ2v) is 7.22. The van der Waals surface area contributed by atoms with E-state index in [9.17, 15) is 22.4 Å². The Balaban J connectivity index is 1.57. The topological polar surface area (TPSA) is 63.1 Å². The van der Waals surface area contributed by atoms with Gasteiger partial charge in [0, 0.05) is 24.5 Å². The fourth-order valence-corrected chi connectivity index (χ4v) is 3.55. The number of halogens is 4. The molecule has 0 atom stereocenters. The quantitative estimate of drug-likeness (QED) is 0.608. The third kappa shape index (κ3) is 4.52. The molecule has 2 heterocycles. The lowest BCUT2D eigenvalue weighted by molar-refractivity contribution is -0.143. The number of benzene rings is 2. The van der Waals surface area contributed by atoms with Gasteiger partial charge in [-0.05, 0) is 67.8 Å². The van der Waals surface area contributed by atoms with Crippen LogP contribution < -0.4 is 10.2 Å². The second kappa shape index (κ2) is 8.37. The number of rotatable bonds is 4. The molecule has 0 bridgehead atoms. The highest BCUT2D eigenvalue weighted by molar-refractivity contribution is 6.03. The van der Waals surface area contributed by atoms with Crippen molar-refractivity contribution in [2.45, 2.75) is 25.4 Å². The summed E-state index contributed by atoms with van der Waals surface area (Å²) < 4.78 is 54.7. The molecule has 6 nitrogen and oxygen atoms in total. The molecule has 2 aromatic carbocycles. The van der Waals surface area contributed by atoms with Gasteiger partial charge in [0.15, 0.2) is 11.4 Å². The zero-order chi connectivity index (χ0) is 22.0. The van der Waals surface area contributed by atoms with E-state index in [1.807, 2.05) is 12.1 Å². The number of aromatic nitrogens is 3. The Hall–Kier alpha value is -3.43. The summed E-state index contributed by atoms with van der Waals surface area (Å²) in [5.41, 5.74) is -0.921. The van der Waals surface area contributed by atoms with Crippen LogP contribution in [0.1, 0.15) is 35.4 Å². The van der Waals surface area contributed by atoms with Crippen molar-refractivity contribution in [3.8, 4) is 5.69 Å². The predicted octanol–water partition coefficient (Wildman–Crippen LogP) is 4.67. The summed E-state index contributed by atoms with van der Waals surface area (Å²) in [4.78, 5) is 14.8. The van der Waals surface area contributed by atoms with Crippen LogP contribution in [0.3, 0.4) is 0 Å². The van der Waals surface area contributed by atoms with Gasteiger partial charge in [-0.2, -0.15) is 13.2 Å². The van der Waals surface area contributed by atoms with Crippen LogP contribution in [-0.4, -0.2) is 34.0 Å². The number of hydrogen-bond donors (Lipinski definition) is 1. The molecule has 10 heteroatoms. The molecule has 0 saturated carbocycles. The van der Waals surface area contributed by atoms with E-state index in [4.69, 9.17) is 0 Å². The highest BCUT2D eigenvalue weighted by Gasteiger charge is 2.42. The number of nitrogens with one attached hydrogen (secondary N) is 1. The largest absolute Gasteiger partial charge is 0.435 e. The maximum Gasteiger partial charge on any atom is 0.435 e. The van der Waals surface area contributed by atoms with Gasteiger partial charge in [0.25, 0.3) is 5.91 Å². The lowest BCUT2D eigenvalue weighted by Crippen LogP contribution is -2.29. The van der Waals surface area contributed by atoms with Crippen LogP contribution >= 0.6 is 0 Å². The third-order valence-corrected chi connectivity index (χ3v) is 5.07. The first kappa shape index (κ1) is 20.8. The Bertz CT molecular complexity index is 1050. The second-order valence-electron chi connectivity index (χ2n) is 7.22. The summed E-state index contributed by atoms with van der Waals surface area (Å²) in [5, 5.41) is 9.37. The minimum absolute atomic E-state index is 0.0637. The zero-order valence-corrected chi connectivity index (χ0v) is 16.4. The van der Waals surface area contributed by atoms with Crippen molar-refractivity contribution in [1.82, 2.24) is 15.0 Å². The summed E-state index contributed by atoms with van der Waals surface area (Å²) in [6.07, 6.45) is -1.47. The summed E-state index contributed by atoms with van der Waals surface area (Å²) >= 11 is 0. The average Bonchev–Trinajstić information content (AvgIpc) is 3.21. The van der Waals surface area contributed by atoms with Crippen LogP contribution in [-0.2, 0) is 6.18 Å². The van der Waals surface area contributed by atoms with E-state index in [-0.39, 0.29) is 5.69 Å². The molecule has 1 aromatic heterocycles. The van der Waals surface area contributed by atoms with Crippen molar-refractivity contribution in [2.24, 2.45) is 0 Å².